The van der Waals surface area contributed by atoms with E-state index in [1.54, 1.807) is 0 Å². The molecule has 1 fully saturated rings. The third-order valence-corrected chi connectivity index (χ3v) is 8.06. The molecule has 3 rings (SSSR count). The molecule has 0 heterocycles. The van der Waals surface area contributed by atoms with Crippen molar-refractivity contribution in [1.29, 1.82) is 0 Å². The summed E-state index contributed by atoms with van der Waals surface area (Å²) in [4.78, 5) is 12.6. The second-order valence-corrected chi connectivity index (χ2v) is 10.6. The van der Waals surface area contributed by atoms with Crippen molar-refractivity contribution in [2.45, 2.75) is 56.3 Å². The molecular weight excluding hydrogens is 647 g/mol. The lowest BCUT2D eigenvalue weighted by Gasteiger charge is -2.28. The molecule has 1 aliphatic carbocycles. The quantitative estimate of drug-likeness (QED) is 0.222. The highest BCUT2D eigenvalue weighted by Gasteiger charge is 2.41. The van der Waals surface area contributed by atoms with E-state index in [9.17, 15) is 44.3 Å². The Bertz CT molecular complexity index is 1180. The molecule has 1 atom stereocenters. The molecule has 1 nitrogen and oxygen atoms in total. The van der Waals surface area contributed by atoms with Gasteiger partial charge in [-0.1, -0.05) is 18.2 Å². The fraction of sp³-hybridized carbons (Fsp3) is 0.400. The van der Waals surface area contributed by atoms with Gasteiger partial charge in [0.05, 0.1) is 5.56 Å². The summed E-state index contributed by atoms with van der Waals surface area (Å²) >= 11 is 6.18. The lowest BCUT2D eigenvalue weighted by atomic mass is 9.82. The highest BCUT2D eigenvalue weighted by molar-refractivity contribution is 9.13. The highest BCUT2D eigenvalue weighted by Crippen LogP contribution is 2.42. The number of Topliss-reactive ketones (excluding diaryl/α,β-unsaturated/α-hetero) is 1. The number of hydrogen-bond donors (Lipinski definition) is 0. The Balaban J connectivity index is 1.94. The van der Waals surface area contributed by atoms with Crippen LogP contribution in [-0.2, 0) is 6.18 Å². The summed E-state index contributed by atoms with van der Waals surface area (Å²) in [6.07, 6.45) is -11.3. The standard InChI is InChI=1S/C25H19Br2F9O/c26-19-4-2-14(11-20(19)27)17(24(31,32)33)12-21(28)15-1-3-16(18(10-15)25(34,35)36)22(37)9-13-5-7-23(29,30)8-6-13/h1-4,10-13,17H,5-9H2/b21-12-. The Labute approximate surface area is 223 Å². The van der Waals surface area contributed by atoms with Crippen LogP contribution in [0.5, 0.6) is 0 Å². The van der Waals surface area contributed by atoms with Crippen LogP contribution in [0.3, 0.4) is 0 Å². The van der Waals surface area contributed by atoms with Crippen molar-refractivity contribution in [2.75, 3.05) is 0 Å². The van der Waals surface area contributed by atoms with Gasteiger partial charge in [0.15, 0.2) is 5.78 Å². The summed E-state index contributed by atoms with van der Waals surface area (Å²) in [5.74, 6) is -8.37. The monoisotopic (exact) mass is 664 g/mol. The largest absolute Gasteiger partial charge is 0.417 e. The summed E-state index contributed by atoms with van der Waals surface area (Å²) in [5.41, 5.74) is -3.43. The van der Waals surface area contributed by atoms with Gasteiger partial charge in [0.1, 0.15) is 11.7 Å². The predicted molar refractivity (Wildman–Crippen MR) is 127 cm³/mol. The maximum absolute atomic E-state index is 14.9. The maximum Gasteiger partial charge on any atom is 0.417 e. The molecule has 0 saturated heterocycles. The maximum atomic E-state index is 14.9. The first-order valence-electron chi connectivity index (χ1n) is 11.0. The molecule has 0 aromatic heterocycles. The molecule has 37 heavy (non-hydrogen) atoms. The predicted octanol–water partition coefficient (Wildman–Crippen LogP) is 10.3. The van der Waals surface area contributed by atoms with E-state index in [-0.39, 0.29) is 29.0 Å². The molecule has 0 bridgehead atoms. The van der Waals surface area contributed by atoms with Gasteiger partial charge in [0, 0.05) is 39.3 Å². The summed E-state index contributed by atoms with van der Waals surface area (Å²) in [7, 11) is 0. The molecule has 0 radical (unpaired) electrons. The van der Waals surface area contributed by atoms with E-state index in [2.05, 4.69) is 31.9 Å². The van der Waals surface area contributed by atoms with Crippen LogP contribution in [0, 0.1) is 5.92 Å². The Morgan fingerprint density at radius 2 is 1.59 bits per heavy atom. The van der Waals surface area contributed by atoms with Crippen molar-refractivity contribution in [1.82, 2.24) is 0 Å². The minimum Gasteiger partial charge on any atom is -0.294 e. The lowest BCUT2D eigenvalue weighted by molar-refractivity contribution is -0.140. The topological polar surface area (TPSA) is 17.1 Å². The number of rotatable bonds is 6. The zero-order valence-electron chi connectivity index (χ0n) is 18.8. The SMILES string of the molecule is O=C(CC1CCC(F)(F)CC1)c1ccc(/C(F)=C/C(c2ccc(Br)c(Br)c2)C(F)(F)F)cc1C(F)(F)F. The molecule has 0 spiro atoms. The van der Waals surface area contributed by atoms with Crippen LogP contribution in [-0.4, -0.2) is 17.9 Å². The lowest BCUT2D eigenvalue weighted by Crippen LogP contribution is -2.26. The molecule has 12 heteroatoms. The molecule has 0 amide bonds. The number of halogens is 11. The summed E-state index contributed by atoms with van der Waals surface area (Å²) in [6, 6.07) is 5.31. The first-order valence-corrected chi connectivity index (χ1v) is 12.6. The van der Waals surface area contributed by atoms with E-state index < -0.39 is 77.7 Å². The van der Waals surface area contributed by atoms with E-state index in [1.807, 2.05) is 0 Å². The van der Waals surface area contributed by atoms with Crippen LogP contribution in [0.2, 0.25) is 0 Å². The number of alkyl halides is 8. The molecule has 2 aromatic rings. The van der Waals surface area contributed by atoms with Crippen molar-refractivity contribution in [3.05, 3.63) is 73.7 Å². The molecule has 202 valence electrons. The second kappa shape index (κ2) is 11.1. The number of carbonyl (C=O) groups is 1. The van der Waals surface area contributed by atoms with Gasteiger partial charge in [-0.15, -0.1) is 0 Å². The zero-order chi connectivity index (χ0) is 27.8. The number of allylic oxidation sites excluding steroid dienone is 1. The molecular formula is C25H19Br2F9O. The van der Waals surface area contributed by atoms with Gasteiger partial charge >= 0.3 is 12.4 Å². The minimum atomic E-state index is -5.11. The molecule has 1 saturated carbocycles. The van der Waals surface area contributed by atoms with Crippen molar-refractivity contribution < 1.29 is 44.3 Å². The third-order valence-electron chi connectivity index (χ3n) is 6.18. The average molecular weight is 666 g/mol. The van der Waals surface area contributed by atoms with Crippen LogP contribution in [0.4, 0.5) is 39.5 Å². The van der Waals surface area contributed by atoms with E-state index in [0.29, 0.717) is 16.6 Å². The first-order chi connectivity index (χ1) is 17.0. The van der Waals surface area contributed by atoms with Crippen molar-refractivity contribution in [3.8, 4) is 0 Å². The smallest absolute Gasteiger partial charge is 0.294 e. The molecule has 2 aromatic carbocycles. The molecule has 0 N–H and O–H groups in total. The molecule has 1 aliphatic rings. The molecule has 0 aliphatic heterocycles. The summed E-state index contributed by atoms with van der Waals surface area (Å²) in [6.45, 7) is 0. The van der Waals surface area contributed by atoms with Crippen molar-refractivity contribution in [2.24, 2.45) is 5.92 Å². The Morgan fingerprint density at radius 1 is 0.973 bits per heavy atom. The van der Waals surface area contributed by atoms with Crippen LogP contribution in [0.25, 0.3) is 5.83 Å². The average Bonchev–Trinajstić information content (AvgIpc) is 2.79. The number of benzene rings is 2. The highest BCUT2D eigenvalue weighted by atomic mass is 79.9. The minimum absolute atomic E-state index is 0.0272. The van der Waals surface area contributed by atoms with Crippen LogP contribution < -0.4 is 0 Å². The fourth-order valence-electron chi connectivity index (χ4n) is 4.17. The summed E-state index contributed by atoms with van der Waals surface area (Å²) in [5, 5.41) is 0. The van der Waals surface area contributed by atoms with E-state index in [1.165, 1.54) is 6.07 Å². The van der Waals surface area contributed by atoms with Gasteiger partial charge in [-0.05, 0) is 80.5 Å². The Kier molecular flexibility index (Phi) is 8.93. The second-order valence-electron chi connectivity index (χ2n) is 8.89. The van der Waals surface area contributed by atoms with Gasteiger partial charge in [-0.2, -0.15) is 26.3 Å². The van der Waals surface area contributed by atoms with Crippen LogP contribution in [0.15, 0.2) is 51.4 Å². The van der Waals surface area contributed by atoms with E-state index in [0.717, 1.165) is 18.2 Å². The van der Waals surface area contributed by atoms with Gasteiger partial charge in [-0.25, -0.2) is 13.2 Å². The number of hydrogen-bond acceptors (Lipinski definition) is 1. The Morgan fingerprint density at radius 3 is 2.14 bits per heavy atom. The van der Waals surface area contributed by atoms with Gasteiger partial charge in [0.2, 0.25) is 5.92 Å². The fourth-order valence-corrected chi connectivity index (χ4v) is 4.82. The third kappa shape index (κ3) is 7.61. The normalized spacial score (nSPS) is 18.1. The van der Waals surface area contributed by atoms with E-state index >= 15 is 0 Å². The summed E-state index contributed by atoms with van der Waals surface area (Å²) < 4.78 is 125. The van der Waals surface area contributed by atoms with Crippen molar-refractivity contribution in [3.63, 3.8) is 0 Å². The zero-order valence-corrected chi connectivity index (χ0v) is 22.0. The van der Waals surface area contributed by atoms with Gasteiger partial charge < -0.3 is 0 Å². The first kappa shape index (κ1) is 29.7. The van der Waals surface area contributed by atoms with Crippen LogP contribution in [0.1, 0.15) is 65.1 Å². The molecule has 1 unspecified atom stereocenters. The van der Waals surface area contributed by atoms with E-state index in [4.69, 9.17) is 0 Å². The van der Waals surface area contributed by atoms with Crippen molar-refractivity contribution >= 4 is 43.5 Å². The van der Waals surface area contributed by atoms with Gasteiger partial charge in [-0.3, -0.25) is 4.79 Å². The number of carbonyl (C=O) groups excluding carboxylic acids is 1. The van der Waals surface area contributed by atoms with Crippen LogP contribution >= 0.6 is 31.9 Å². The van der Waals surface area contributed by atoms with Gasteiger partial charge in [0.25, 0.3) is 0 Å². The Hall–Kier alpha value is -1.82. The number of ketones is 1.